The summed E-state index contributed by atoms with van der Waals surface area (Å²) in [4.78, 5) is 0.342. The smallest absolute Gasteiger partial charge is 0.264 e. The minimum Gasteiger partial charge on any atom is -0.269 e. The fourth-order valence-electron chi connectivity index (χ4n) is 2.90. The van der Waals surface area contributed by atoms with Crippen LogP contribution in [0.1, 0.15) is 36.5 Å². The Morgan fingerprint density at radius 1 is 1.04 bits per heavy atom. The summed E-state index contributed by atoms with van der Waals surface area (Å²) >= 11 is 0. The normalized spacial score (nSPS) is 14.3. The molecule has 0 amide bonds. The number of aryl methyl sites for hydroxylation is 1. The van der Waals surface area contributed by atoms with Crippen molar-refractivity contribution in [1.29, 1.82) is 0 Å². The summed E-state index contributed by atoms with van der Waals surface area (Å²) < 4.78 is 27.4. The van der Waals surface area contributed by atoms with Crippen molar-refractivity contribution in [2.75, 3.05) is 0 Å². The van der Waals surface area contributed by atoms with E-state index in [0.717, 1.165) is 29.5 Å². The second-order valence-electron chi connectivity index (χ2n) is 5.92. The Balaban J connectivity index is 2.03. The summed E-state index contributed by atoms with van der Waals surface area (Å²) in [6.45, 7) is 4.45. The Labute approximate surface area is 138 Å². The van der Waals surface area contributed by atoms with Crippen molar-refractivity contribution in [3.8, 4) is 0 Å². The Bertz CT molecular complexity index is 836. The van der Waals surface area contributed by atoms with Crippen LogP contribution in [0.5, 0.6) is 0 Å². The van der Waals surface area contributed by atoms with Crippen LogP contribution in [0.4, 0.5) is 0 Å². The van der Waals surface area contributed by atoms with Crippen molar-refractivity contribution in [2.24, 2.45) is 0 Å². The number of fused-ring (bicyclic) bond motifs is 1. The lowest BCUT2D eigenvalue weighted by molar-refractivity contribution is 0.491. The van der Waals surface area contributed by atoms with Gasteiger partial charge >= 0.3 is 0 Å². The summed E-state index contributed by atoms with van der Waals surface area (Å²) in [5.74, 6) is 0. The molecule has 0 N–H and O–H groups in total. The van der Waals surface area contributed by atoms with Gasteiger partial charge in [0, 0.05) is 6.20 Å². The third-order valence-electron chi connectivity index (χ3n) is 4.14. The largest absolute Gasteiger partial charge is 0.269 e. The van der Waals surface area contributed by atoms with Crippen LogP contribution in [-0.4, -0.2) is 12.7 Å². The molecule has 0 saturated carbocycles. The first kappa shape index (κ1) is 15.8. The van der Waals surface area contributed by atoms with Crippen molar-refractivity contribution in [2.45, 2.75) is 38.1 Å². The number of hydrogen-bond acceptors (Lipinski definition) is 2. The predicted octanol–water partition coefficient (Wildman–Crippen LogP) is 4.34. The van der Waals surface area contributed by atoms with Crippen molar-refractivity contribution in [3.63, 3.8) is 0 Å². The molecule has 0 fully saturated rings. The Morgan fingerprint density at radius 2 is 1.74 bits per heavy atom. The molecule has 1 aliphatic heterocycles. The number of nitrogens with zero attached hydrogens (tertiary/aromatic N) is 1. The van der Waals surface area contributed by atoms with Crippen LogP contribution < -0.4 is 0 Å². The highest BCUT2D eigenvalue weighted by Gasteiger charge is 2.26. The average Bonchev–Trinajstić information content (AvgIpc) is 2.55. The van der Waals surface area contributed by atoms with Gasteiger partial charge in [0.1, 0.15) is 0 Å². The van der Waals surface area contributed by atoms with Crippen molar-refractivity contribution < 1.29 is 8.42 Å². The maximum Gasteiger partial charge on any atom is 0.264 e. The third kappa shape index (κ3) is 3.04. The zero-order valence-electron chi connectivity index (χ0n) is 13.5. The van der Waals surface area contributed by atoms with E-state index in [0.29, 0.717) is 11.4 Å². The molecule has 0 radical (unpaired) electrons. The van der Waals surface area contributed by atoms with Gasteiger partial charge in [0.05, 0.1) is 11.4 Å². The molecule has 0 atom stereocenters. The standard InChI is InChI=1S/C19H21NO2S/c1-3-6-16-13-20(14-17-7-4-5-8-19(16)17)23(21,22)18-11-9-15(2)10-12-18/h4-5,7-13H,3,6,14H2,1-2H3. The number of hydrogen-bond donors (Lipinski definition) is 0. The van der Waals surface area contributed by atoms with E-state index in [1.807, 2.05) is 37.3 Å². The molecular weight excluding hydrogens is 306 g/mol. The topological polar surface area (TPSA) is 37.4 Å². The van der Waals surface area contributed by atoms with Crippen LogP contribution >= 0.6 is 0 Å². The van der Waals surface area contributed by atoms with Gasteiger partial charge < -0.3 is 0 Å². The average molecular weight is 327 g/mol. The lowest BCUT2D eigenvalue weighted by atomic mass is 9.95. The Kier molecular flexibility index (Phi) is 4.26. The third-order valence-corrected chi connectivity index (χ3v) is 5.86. The highest BCUT2D eigenvalue weighted by atomic mass is 32.2. The first-order valence-electron chi connectivity index (χ1n) is 7.90. The molecule has 0 aliphatic carbocycles. The van der Waals surface area contributed by atoms with E-state index < -0.39 is 10.0 Å². The van der Waals surface area contributed by atoms with Gasteiger partial charge in [0.25, 0.3) is 10.0 Å². The van der Waals surface area contributed by atoms with Crippen LogP contribution in [0.3, 0.4) is 0 Å². The van der Waals surface area contributed by atoms with E-state index in [1.165, 1.54) is 9.87 Å². The van der Waals surface area contributed by atoms with Crippen LogP contribution in [0.25, 0.3) is 5.57 Å². The maximum atomic E-state index is 12.9. The van der Waals surface area contributed by atoms with Gasteiger partial charge in [-0.25, -0.2) is 8.42 Å². The van der Waals surface area contributed by atoms with Gasteiger partial charge in [-0.2, -0.15) is 0 Å². The molecule has 23 heavy (non-hydrogen) atoms. The van der Waals surface area contributed by atoms with Gasteiger partial charge in [-0.1, -0.05) is 55.3 Å². The molecule has 120 valence electrons. The van der Waals surface area contributed by atoms with Gasteiger partial charge in [0.15, 0.2) is 0 Å². The zero-order chi connectivity index (χ0) is 16.4. The van der Waals surface area contributed by atoms with Crippen LogP contribution in [0.2, 0.25) is 0 Å². The molecule has 2 aromatic carbocycles. The fraction of sp³-hybridized carbons (Fsp3) is 0.263. The molecule has 2 aromatic rings. The zero-order valence-corrected chi connectivity index (χ0v) is 14.3. The minimum absolute atomic E-state index is 0.342. The van der Waals surface area contributed by atoms with Crippen LogP contribution in [0, 0.1) is 6.92 Å². The van der Waals surface area contributed by atoms with E-state index in [4.69, 9.17) is 0 Å². The highest BCUT2D eigenvalue weighted by Crippen LogP contribution is 2.32. The second kappa shape index (κ2) is 6.20. The van der Waals surface area contributed by atoms with Crippen molar-refractivity contribution in [1.82, 2.24) is 4.31 Å². The summed E-state index contributed by atoms with van der Waals surface area (Å²) in [7, 11) is -3.52. The first-order valence-corrected chi connectivity index (χ1v) is 9.34. The number of sulfonamides is 1. The number of rotatable bonds is 4. The van der Waals surface area contributed by atoms with Gasteiger partial charge in [-0.3, -0.25) is 4.31 Å². The SMILES string of the molecule is CCCC1=CN(S(=O)(=O)c2ccc(C)cc2)Cc2ccccc21. The van der Waals surface area contributed by atoms with E-state index in [-0.39, 0.29) is 0 Å². The van der Waals surface area contributed by atoms with E-state index in [2.05, 4.69) is 13.0 Å². The number of benzene rings is 2. The molecule has 1 aliphatic rings. The Hall–Kier alpha value is -2.07. The van der Waals surface area contributed by atoms with Gasteiger partial charge in [0.2, 0.25) is 0 Å². The minimum atomic E-state index is -3.52. The molecule has 0 saturated heterocycles. The van der Waals surface area contributed by atoms with Gasteiger partial charge in [-0.05, 0) is 42.2 Å². The molecule has 0 bridgehead atoms. The van der Waals surface area contributed by atoms with E-state index >= 15 is 0 Å². The maximum absolute atomic E-state index is 12.9. The van der Waals surface area contributed by atoms with Crippen LogP contribution in [0.15, 0.2) is 59.6 Å². The monoisotopic (exact) mass is 327 g/mol. The van der Waals surface area contributed by atoms with E-state index in [9.17, 15) is 8.42 Å². The summed E-state index contributed by atoms with van der Waals surface area (Å²) in [5, 5.41) is 0. The predicted molar refractivity (Wildman–Crippen MR) is 93.2 cm³/mol. The lowest BCUT2D eigenvalue weighted by Gasteiger charge is -2.28. The number of allylic oxidation sites excluding steroid dienone is 1. The highest BCUT2D eigenvalue weighted by molar-refractivity contribution is 7.89. The molecule has 0 spiro atoms. The molecule has 0 unspecified atom stereocenters. The quantitative estimate of drug-likeness (QED) is 0.837. The lowest BCUT2D eigenvalue weighted by Crippen LogP contribution is -2.28. The molecule has 3 rings (SSSR count). The van der Waals surface area contributed by atoms with Crippen molar-refractivity contribution in [3.05, 3.63) is 71.4 Å². The Morgan fingerprint density at radius 3 is 2.43 bits per heavy atom. The summed E-state index contributed by atoms with van der Waals surface area (Å²) in [5.41, 5.74) is 4.37. The van der Waals surface area contributed by atoms with Crippen molar-refractivity contribution >= 4 is 15.6 Å². The second-order valence-corrected chi connectivity index (χ2v) is 7.82. The fourth-order valence-corrected chi connectivity index (χ4v) is 4.22. The van der Waals surface area contributed by atoms with E-state index in [1.54, 1.807) is 18.3 Å². The van der Waals surface area contributed by atoms with Crippen LogP contribution in [-0.2, 0) is 16.6 Å². The molecule has 0 aromatic heterocycles. The molecule has 4 heteroatoms. The molecular formula is C19H21NO2S. The first-order chi connectivity index (χ1) is 11.0. The van der Waals surface area contributed by atoms with Gasteiger partial charge in [-0.15, -0.1) is 0 Å². The summed E-state index contributed by atoms with van der Waals surface area (Å²) in [6, 6.07) is 15.1. The summed E-state index contributed by atoms with van der Waals surface area (Å²) in [6.07, 6.45) is 3.66. The molecule has 3 nitrogen and oxygen atoms in total. The molecule has 1 heterocycles.